The van der Waals surface area contributed by atoms with Gasteiger partial charge >= 0.3 is 0 Å². The largest absolute Gasteiger partial charge is 0.337 e. The lowest BCUT2D eigenvalue weighted by Gasteiger charge is -2.16. The number of fused-ring (bicyclic) bond motifs is 1. The minimum absolute atomic E-state index is 0.0447. The highest BCUT2D eigenvalue weighted by Crippen LogP contribution is 2.38. The van der Waals surface area contributed by atoms with Gasteiger partial charge in [-0.3, -0.25) is 4.79 Å². The lowest BCUT2D eigenvalue weighted by atomic mass is 9.90. The Labute approximate surface area is 139 Å². The fourth-order valence-electron chi connectivity index (χ4n) is 3.11. The predicted octanol–water partition coefficient (Wildman–Crippen LogP) is 3.41. The topological polar surface area (TPSA) is 59.2 Å². The van der Waals surface area contributed by atoms with Crippen LogP contribution in [0.4, 0.5) is 0 Å². The summed E-state index contributed by atoms with van der Waals surface area (Å²) in [6, 6.07) is 2.08. The molecule has 0 aliphatic heterocycles. The first-order chi connectivity index (χ1) is 11.1. The molecule has 2 aromatic rings. The van der Waals surface area contributed by atoms with Gasteiger partial charge in [0.2, 0.25) is 5.89 Å². The number of thiophene rings is 1. The molecule has 0 bridgehead atoms. The van der Waals surface area contributed by atoms with Gasteiger partial charge < -0.3 is 9.42 Å². The predicted molar refractivity (Wildman–Crippen MR) is 87.6 cm³/mol. The Bertz CT molecular complexity index is 732. The van der Waals surface area contributed by atoms with Crippen molar-refractivity contribution in [2.24, 2.45) is 5.92 Å². The van der Waals surface area contributed by atoms with Crippen LogP contribution in [0, 0.1) is 5.92 Å². The van der Waals surface area contributed by atoms with Crippen LogP contribution in [0.5, 0.6) is 0 Å². The number of aryl methyl sites for hydroxylation is 1. The molecule has 23 heavy (non-hydrogen) atoms. The van der Waals surface area contributed by atoms with Crippen molar-refractivity contribution in [2.45, 2.75) is 51.5 Å². The summed E-state index contributed by atoms with van der Waals surface area (Å²) in [5.74, 6) is 2.55. The molecule has 0 saturated heterocycles. The molecular formula is C17H21N3O2S. The zero-order valence-corrected chi connectivity index (χ0v) is 14.4. The maximum Gasteiger partial charge on any atom is 0.264 e. The number of hydrogen-bond acceptors (Lipinski definition) is 5. The average molecular weight is 331 g/mol. The molecule has 2 aliphatic rings. The van der Waals surface area contributed by atoms with E-state index in [-0.39, 0.29) is 5.91 Å². The van der Waals surface area contributed by atoms with Gasteiger partial charge in [0, 0.05) is 17.8 Å². The Balaban J connectivity index is 1.45. The van der Waals surface area contributed by atoms with Gasteiger partial charge in [-0.1, -0.05) is 12.1 Å². The molecule has 2 aromatic heterocycles. The highest BCUT2D eigenvalue weighted by atomic mass is 32.1. The van der Waals surface area contributed by atoms with E-state index >= 15 is 0 Å². The molecule has 1 atom stereocenters. The van der Waals surface area contributed by atoms with Crippen LogP contribution in [-0.4, -0.2) is 28.0 Å². The smallest absolute Gasteiger partial charge is 0.264 e. The summed E-state index contributed by atoms with van der Waals surface area (Å²) >= 11 is 1.65. The molecule has 6 heteroatoms. The minimum atomic E-state index is 0.0447. The van der Waals surface area contributed by atoms with E-state index in [1.807, 2.05) is 0 Å². The SMILES string of the molecule is C[C@H]1CCc2sc(C(=O)N(C)Cc3nc(C4CC4)no3)cc2C1. The summed E-state index contributed by atoms with van der Waals surface area (Å²) in [4.78, 5) is 20.9. The van der Waals surface area contributed by atoms with Gasteiger partial charge in [0.25, 0.3) is 5.91 Å². The normalized spacial score (nSPS) is 20.3. The van der Waals surface area contributed by atoms with Crippen molar-refractivity contribution in [3.63, 3.8) is 0 Å². The quantitative estimate of drug-likeness (QED) is 0.861. The van der Waals surface area contributed by atoms with Gasteiger partial charge in [0.15, 0.2) is 5.82 Å². The molecule has 4 rings (SSSR count). The summed E-state index contributed by atoms with van der Waals surface area (Å²) < 4.78 is 5.27. The van der Waals surface area contributed by atoms with Gasteiger partial charge in [-0.15, -0.1) is 11.3 Å². The highest BCUT2D eigenvalue weighted by molar-refractivity contribution is 7.14. The Morgan fingerprint density at radius 1 is 1.43 bits per heavy atom. The van der Waals surface area contributed by atoms with Crippen molar-refractivity contribution >= 4 is 17.2 Å². The van der Waals surface area contributed by atoms with Crippen LogP contribution < -0.4 is 0 Å². The van der Waals surface area contributed by atoms with E-state index in [0.717, 1.165) is 42.3 Å². The van der Waals surface area contributed by atoms with E-state index < -0.39 is 0 Å². The van der Waals surface area contributed by atoms with Crippen LogP contribution >= 0.6 is 11.3 Å². The number of nitrogens with zero attached hydrogens (tertiary/aromatic N) is 3. The fourth-order valence-corrected chi connectivity index (χ4v) is 4.32. The van der Waals surface area contributed by atoms with Crippen LogP contribution in [0.1, 0.15) is 63.9 Å². The Morgan fingerprint density at radius 2 is 2.26 bits per heavy atom. The minimum Gasteiger partial charge on any atom is -0.337 e. The Hall–Kier alpha value is -1.69. The molecule has 0 unspecified atom stereocenters. The first kappa shape index (κ1) is 14.9. The van der Waals surface area contributed by atoms with Crippen molar-refractivity contribution in [3.05, 3.63) is 33.1 Å². The molecule has 122 valence electrons. The summed E-state index contributed by atoms with van der Waals surface area (Å²) in [7, 11) is 1.80. The number of amides is 1. The second-order valence-electron chi connectivity index (χ2n) is 6.89. The molecule has 1 saturated carbocycles. The molecule has 5 nitrogen and oxygen atoms in total. The summed E-state index contributed by atoms with van der Waals surface area (Å²) in [6.45, 7) is 2.65. The Kier molecular flexibility index (Phi) is 3.71. The molecule has 0 N–H and O–H groups in total. The molecule has 0 radical (unpaired) electrons. The van der Waals surface area contributed by atoms with Crippen LogP contribution in [0.3, 0.4) is 0 Å². The zero-order valence-electron chi connectivity index (χ0n) is 13.5. The summed E-state index contributed by atoms with van der Waals surface area (Å²) in [6.07, 6.45) is 5.71. The fraction of sp³-hybridized carbons (Fsp3) is 0.588. The van der Waals surface area contributed by atoms with Gasteiger partial charge in [0.05, 0.1) is 4.88 Å². The molecular weight excluding hydrogens is 310 g/mol. The van der Waals surface area contributed by atoms with Crippen LogP contribution in [0.25, 0.3) is 0 Å². The number of hydrogen-bond donors (Lipinski definition) is 0. The third-order valence-corrected chi connectivity index (χ3v) is 5.91. The zero-order chi connectivity index (χ0) is 16.0. The monoisotopic (exact) mass is 331 g/mol. The van der Waals surface area contributed by atoms with Crippen molar-refractivity contribution in [3.8, 4) is 0 Å². The van der Waals surface area contributed by atoms with E-state index in [4.69, 9.17) is 4.52 Å². The second kappa shape index (κ2) is 5.74. The Morgan fingerprint density at radius 3 is 3.04 bits per heavy atom. The van der Waals surface area contributed by atoms with E-state index in [1.54, 1.807) is 23.3 Å². The lowest BCUT2D eigenvalue weighted by Crippen LogP contribution is -2.25. The van der Waals surface area contributed by atoms with Crippen LogP contribution in [0.15, 0.2) is 10.6 Å². The van der Waals surface area contributed by atoms with Crippen molar-refractivity contribution in [1.82, 2.24) is 15.0 Å². The van der Waals surface area contributed by atoms with Crippen molar-refractivity contribution in [1.29, 1.82) is 0 Å². The van der Waals surface area contributed by atoms with Crippen molar-refractivity contribution in [2.75, 3.05) is 7.05 Å². The number of rotatable bonds is 4. The van der Waals surface area contributed by atoms with Gasteiger partial charge in [-0.25, -0.2) is 0 Å². The van der Waals surface area contributed by atoms with E-state index in [2.05, 4.69) is 23.1 Å². The molecule has 1 fully saturated rings. The molecule has 2 heterocycles. The third kappa shape index (κ3) is 3.04. The highest BCUT2D eigenvalue weighted by Gasteiger charge is 2.29. The maximum absolute atomic E-state index is 12.6. The first-order valence-electron chi connectivity index (χ1n) is 8.29. The number of carbonyl (C=O) groups is 1. The lowest BCUT2D eigenvalue weighted by molar-refractivity contribution is 0.0774. The second-order valence-corrected chi connectivity index (χ2v) is 8.03. The average Bonchev–Trinajstić information content (AvgIpc) is 3.13. The number of carbonyl (C=O) groups excluding carboxylic acids is 1. The van der Waals surface area contributed by atoms with Crippen molar-refractivity contribution < 1.29 is 9.32 Å². The number of aromatic nitrogens is 2. The summed E-state index contributed by atoms with van der Waals surface area (Å²) in [5.41, 5.74) is 1.36. The molecule has 0 spiro atoms. The van der Waals surface area contributed by atoms with E-state index in [1.165, 1.54) is 16.9 Å². The summed E-state index contributed by atoms with van der Waals surface area (Å²) in [5, 5.41) is 4.00. The van der Waals surface area contributed by atoms with Gasteiger partial charge in [-0.2, -0.15) is 4.98 Å². The van der Waals surface area contributed by atoms with Crippen LogP contribution in [-0.2, 0) is 19.4 Å². The molecule has 2 aliphatic carbocycles. The molecule has 1 amide bonds. The molecule has 0 aromatic carbocycles. The maximum atomic E-state index is 12.6. The van der Waals surface area contributed by atoms with Gasteiger partial charge in [-0.05, 0) is 49.7 Å². The van der Waals surface area contributed by atoms with Gasteiger partial charge in [0.1, 0.15) is 6.54 Å². The first-order valence-corrected chi connectivity index (χ1v) is 9.11. The van der Waals surface area contributed by atoms with Crippen LogP contribution in [0.2, 0.25) is 0 Å². The van der Waals surface area contributed by atoms with E-state index in [9.17, 15) is 4.79 Å². The third-order valence-electron chi connectivity index (χ3n) is 4.69. The van der Waals surface area contributed by atoms with E-state index in [0.29, 0.717) is 18.4 Å². The standard InChI is InChI=1S/C17H21N3O2S/c1-10-3-6-13-12(7-10)8-14(23-13)17(21)20(2)9-15-18-16(19-22-15)11-4-5-11/h8,10-11H,3-7,9H2,1-2H3/t10-/m0/s1.